The molecule has 1 N–H and O–H groups in total. The summed E-state index contributed by atoms with van der Waals surface area (Å²) < 4.78 is 27.0. The van der Waals surface area contributed by atoms with Gasteiger partial charge in [0.05, 0.1) is 31.9 Å². The molecule has 0 aliphatic carbocycles. The maximum atomic E-state index is 13.0. The first-order valence-electron chi connectivity index (χ1n) is 10.2. The van der Waals surface area contributed by atoms with E-state index in [1.807, 2.05) is 53.4 Å². The average molecular weight is 415 g/mol. The van der Waals surface area contributed by atoms with Gasteiger partial charge in [0, 0.05) is 11.7 Å². The molecule has 1 atom stereocenters. The van der Waals surface area contributed by atoms with Gasteiger partial charge < -0.3 is 9.80 Å². The molecule has 0 bridgehead atoms. The van der Waals surface area contributed by atoms with Crippen molar-refractivity contribution in [3.05, 3.63) is 65.7 Å². The first-order valence-corrected chi connectivity index (χ1v) is 11.8. The van der Waals surface area contributed by atoms with Gasteiger partial charge in [-0.2, -0.15) is 4.31 Å². The monoisotopic (exact) mass is 414 g/mol. The fourth-order valence-corrected chi connectivity index (χ4v) is 5.91. The molecule has 7 heteroatoms. The Bertz CT molecular complexity index is 970. The van der Waals surface area contributed by atoms with E-state index in [1.54, 1.807) is 4.31 Å². The molecule has 0 aromatic heterocycles. The molecule has 2 aliphatic rings. The van der Waals surface area contributed by atoms with Gasteiger partial charge in [0.15, 0.2) is 6.54 Å². The zero-order valence-corrected chi connectivity index (χ0v) is 17.6. The van der Waals surface area contributed by atoms with Gasteiger partial charge in [-0.1, -0.05) is 48.5 Å². The summed E-state index contributed by atoms with van der Waals surface area (Å²) in [6, 6.07) is 17.5. The maximum absolute atomic E-state index is 13.0. The lowest BCUT2D eigenvalue weighted by Gasteiger charge is -2.32. The lowest BCUT2D eigenvalue weighted by Crippen LogP contribution is -3.15. The number of nitrogens with zero attached hydrogens (tertiary/aromatic N) is 2. The molecule has 0 saturated carbocycles. The van der Waals surface area contributed by atoms with Crippen molar-refractivity contribution in [3.8, 4) is 0 Å². The Kier molecular flexibility index (Phi) is 5.72. The number of amides is 1. The van der Waals surface area contributed by atoms with Gasteiger partial charge in [-0.05, 0) is 30.5 Å². The largest absolute Gasteiger partial charge is 0.325 e. The van der Waals surface area contributed by atoms with E-state index in [1.165, 1.54) is 5.56 Å². The zero-order chi connectivity index (χ0) is 20.4. The molecule has 2 aromatic rings. The lowest BCUT2D eigenvalue weighted by atomic mass is 10.1. The first kappa shape index (κ1) is 20.1. The number of para-hydroxylation sites is 1. The number of carbonyl (C=O) groups excluding carboxylic acids is 1. The van der Waals surface area contributed by atoms with Gasteiger partial charge in [-0.15, -0.1) is 0 Å². The molecule has 2 aliphatic heterocycles. The SMILES string of the molecule is C[C@H]1Cc2ccccc2N1C(=O)C[NH+]1CCN(S(=O)(=O)Cc2ccccc2)CC1. The number of hydrogen-bond donors (Lipinski definition) is 1. The van der Waals surface area contributed by atoms with E-state index >= 15 is 0 Å². The maximum Gasteiger partial charge on any atom is 0.282 e. The summed E-state index contributed by atoms with van der Waals surface area (Å²) in [7, 11) is -3.33. The van der Waals surface area contributed by atoms with Crippen molar-refractivity contribution >= 4 is 21.6 Å². The molecule has 0 radical (unpaired) electrons. The van der Waals surface area contributed by atoms with Crippen molar-refractivity contribution in [3.63, 3.8) is 0 Å². The van der Waals surface area contributed by atoms with Crippen molar-refractivity contribution in [1.29, 1.82) is 0 Å². The van der Waals surface area contributed by atoms with Crippen molar-refractivity contribution in [2.45, 2.75) is 25.1 Å². The summed E-state index contributed by atoms with van der Waals surface area (Å²) in [6.45, 7) is 4.73. The predicted molar refractivity (Wildman–Crippen MR) is 113 cm³/mol. The number of fused-ring (bicyclic) bond motifs is 1. The minimum Gasteiger partial charge on any atom is -0.325 e. The Hall–Kier alpha value is -2.22. The Balaban J connectivity index is 1.34. The normalized spacial score (nSPS) is 20.6. The minimum atomic E-state index is -3.33. The Labute approximate surface area is 172 Å². The number of rotatable bonds is 5. The number of quaternary nitrogens is 1. The van der Waals surface area contributed by atoms with Gasteiger partial charge >= 0.3 is 0 Å². The van der Waals surface area contributed by atoms with Crippen LogP contribution in [-0.2, 0) is 27.0 Å². The van der Waals surface area contributed by atoms with E-state index in [0.29, 0.717) is 32.7 Å². The summed E-state index contributed by atoms with van der Waals surface area (Å²) in [5.41, 5.74) is 3.05. The second-order valence-corrected chi connectivity index (χ2v) is 9.98. The third-order valence-corrected chi connectivity index (χ3v) is 7.74. The van der Waals surface area contributed by atoms with Crippen molar-refractivity contribution < 1.29 is 18.1 Å². The van der Waals surface area contributed by atoms with Crippen LogP contribution in [0.5, 0.6) is 0 Å². The number of benzene rings is 2. The highest BCUT2D eigenvalue weighted by Crippen LogP contribution is 2.31. The summed E-state index contributed by atoms with van der Waals surface area (Å²) in [5, 5.41) is 0. The van der Waals surface area contributed by atoms with Crippen LogP contribution in [0.25, 0.3) is 0 Å². The molecule has 0 spiro atoms. The van der Waals surface area contributed by atoms with Crippen LogP contribution in [0.1, 0.15) is 18.1 Å². The first-order chi connectivity index (χ1) is 13.9. The summed E-state index contributed by atoms with van der Waals surface area (Å²) in [4.78, 5) is 16.0. The number of hydrogen-bond acceptors (Lipinski definition) is 3. The summed E-state index contributed by atoms with van der Waals surface area (Å²) in [5.74, 6) is 0.155. The summed E-state index contributed by atoms with van der Waals surface area (Å²) in [6.07, 6.45) is 0.892. The Morgan fingerprint density at radius 1 is 1.03 bits per heavy atom. The van der Waals surface area contributed by atoms with Crippen LogP contribution in [0.3, 0.4) is 0 Å². The zero-order valence-electron chi connectivity index (χ0n) is 16.8. The molecule has 154 valence electrons. The van der Waals surface area contributed by atoms with E-state index in [0.717, 1.165) is 22.6 Å². The fourth-order valence-electron chi connectivity index (χ4n) is 4.38. The molecule has 0 unspecified atom stereocenters. The standard InChI is InChI=1S/C22H27N3O3S/c1-18-15-20-9-5-6-10-21(20)25(18)22(26)16-23-11-13-24(14-12-23)29(27,28)17-19-7-3-2-4-8-19/h2-10,18H,11-17H2,1H3/p+1/t18-/m0/s1. The molecule has 1 amide bonds. The third-order valence-electron chi connectivity index (χ3n) is 5.89. The number of anilines is 1. The van der Waals surface area contributed by atoms with Gasteiger partial charge in [0.25, 0.3) is 5.91 Å². The van der Waals surface area contributed by atoms with Crippen molar-refractivity contribution in [1.82, 2.24) is 4.31 Å². The van der Waals surface area contributed by atoms with E-state index in [4.69, 9.17) is 0 Å². The van der Waals surface area contributed by atoms with E-state index in [-0.39, 0.29) is 17.7 Å². The number of carbonyl (C=O) groups is 1. The van der Waals surface area contributed by atoms with E-state index in [2.05, 4.69) is 13.0 Å². The molecule has 2 aromatic carbocycles. The van der Waals surface area contributed by atoms with Gasteiger partial charge in [-0.25, -0.2) is 8.42 Å². The lowest BCUT2D eigenvalue weighted by molar-refractivity contribution is -0.895. The van der Waals surface area contributed by atoms with Gasteiger partial charge in [0.1, 0.15) is 0 Å². The van der Waals surface area contributed by atoms with Crippen LogP contribution in [0.2, 0.25) is 0 Å². The highest BCUT2D eigenvalue weighted by atomic mass is 32.2. The van der Waals surface area contributed by atoms with Crippen LogP contribution < -0.4 is 9.80 Å². The topological polar surface area (TPSA) is 62.1 Å². The van der Waals surface area contributed by atoms with Crippen LogP contribution >= 0.6 is 0 Å². The average Bonchev–Trinajstić information content (AvgIpc) is 3.04. The van der Waals surface area contributed by atoms with Gasteiger partial charge in [0.2, 0.25) is 10.0 Å². The highest BCUT2D eigenvalue weighted by molar-refractivity contribution is 7.88. The van der Waals surface area contributed by atoms with Crippen molar-refractivity contribution in [2.75, 3.05) is 37.6 Å². The van der Waals surface area contributed by atoms with Gasteiger partial charge in [-0.3, -0.25) is 4.79 Å². The van der Waals surface area contributed by atoms with E-state index in [9.17, 15) is 13.2 Å². The third kappa shape index (κ3) is 4.37. The molecular weight excluding hydrogens is 386 g/mol. The second kappa shape index (κ2) is 8.26. The van der Waals surface area contributed by atoms with Crippen LogP contribution in [0.4, 0.5) is 5.69 Å². The van der Waals surface area contributed by atoms with Crippen LogP contribution in [0.15, 0.2) is 54.6 Å². The highest BCUT2D eigenvalue weighted by Gasteiger charge is 2.35. The second-order valence-electron chi connectivity index (χ2n) is 8.01. The van der Waals surface area contributed by atoms with E-state index < -0.39 is 10.0 Å². The predicted octanol–water partition coefficient (Wildman–Crippen LogP) is 0.695. The molecular formula is C22H28N3O3S+. The molecule has 1 fully saturated rings. The number of nitrogens with one attached hydrogen (secondary N) is 1. The molecule has 6 nitrogen and oxygen atoms in total. The number of sulfonamides is 1. The van der Waals surface area contributed by atoms with Crippen molar-refractivity contribution in [2.24, 2.45) is 0 Å². The molecule has 2 heterocycles. The minimum absolute atomic E-state index is 0.0319. The molecule has 1 saturated heterocycles. The Morgan fingerprint density at radius 3 is 2.41 bits per heavy atom. The fraction of sp³-hybridized carbons (Fsp3) is 0.409. The molecule has 29 heavy (non-hydrogen) atoms. The number of piperazine rings is 1. The summed E-state index contributed by atoms with van der Waals surface area (Å²) >= 11 is 0. The van der Waals surface area contributed by atoms with Crippen LogP contribution in [-0.4, -0.2) is 57.4 Å². The quantitative estimate of drug-likeness (QED) is 0.783. The van der Waals surface area contributed by atoms with Crippen LogP contribution in [0, 0.1) is 0 Å². The Morgan fingerprint density at radius 2 is 1.69 bits per heavy atom. The smallest absolute Gasteiger partial charge is 0.282 e. The molecule has 4 rings (SSSR count).